The third-order valence-electron chi connectivity index (χ3n) is 5.77. The summed E-state index contributed by atoms with van der Waals surface area (Å²) < 4.78 is 0. The number of pyridine rings is 2. The quantitative estimate of drug-likeness (QED) is 0.448. The number of anilines is 2. The number of rotatable bonds is 6. The Bertz CT molecular complexity index is 1130. The zero-order chi connectivity index (χ0) is 21.6. The molecule has 0 amide bonds. The van der Waals surface area contributed by atoms with E-state index in [0.717, 1.165) is 53.8 Å². The molecule has 4 heterocycles. The highest BCUT2D eigenvalue weighted by Gasteiger charge is 2.27. The van der Waals surface area contributed by atoms with Crippen LogP contribution >= 0.6 is 0 Å². The largest absolute Gasteiger partial charge is 0.340 e. The van der Waals surface area contributed by atoms with E-state index in [-0.39, 0.29) is 6.04 Å². The molecule has 160 valence electrons. The molecule has 1 saturated heterocycles. The average Bonchev–Trinajstić information content (AvgIpc) is 2.86. The van der Waals surface area contributed by atoms with Crippen LogP contribution in [0.4, 0.5) is 11.5 Å². The lowest BCUT2D eigenvalue weighted by Crippen LogP contribution is -2.34. The fourth-order valence-corrected chi connectivity index (χ4v) is 4.19. The zero-order valence-electron chi connectivity index (χ0n) is 17.9. The van der Waals surface area contributed by atoms with Crippen molar-refractivity contribution in [3.05, 3.63) is 96.8 Å². The lowest BCUT2D eigenvalue weighted by atomic mass is 10.0. The van der Waals surface area contributed by atoms with E-state index in [4.69, 9.17) is 9.97 Å². The number of aromatic nitrogens is 4. The van der Waals surface area contributed by atoms with Crippen LogP contribution < -0.4 is 5.32 Å². The second-order valence-corrected chi connectivity index (χ2v) is 8.03. The van der Waals surface area contributed by atoms with Gasteiger partial charge in [-0.05, 0) is 55.8 Å². The minimum atomic E-state index is 0.156. The Hall–Kier alpha value is -3.64. The molecule has 1 N–H and O–H groups in total. The van der Waals surface area contributed by atoms with Gasteiger partial charge < -0.3 is 5.32 Å². The van der Waals surface area contributed by atoms with Gasteiger partial charge in [0.2, 0.25) is 0 Å². The Morgan fingerprint density at radius 3 is 2.53 bits per heavy atom. The van der Waals surface area contributed by atoms with Crippen LogP contribution in [0.1, 0.15) is 36.8 Å². The van der Waals surface area contributed by atoms with Gasteiger partial charge in [0.15, 0.2) is 0 Å². The molecule has 4 aromatic rings. The molecule has 6 heteroatoms. The normalized spacial score (nSPS) is 16.6. The van der Waals surface area contributed by atoms with Gasteiger partial charge in [-0.1, -0.05) is 30.7 Å². The van der Waals surface area contributed by atoms with Gasteiger partial charge in [-0.15, -0.1) is 0 Å². The average molecular weight is 423 g/mol. The molecule has 0 radical (unpaired) electrons. The van der Waals surface area contributed by atoms with Gasteiger partial charge in [-0.25, -0.2) is 9.97 Å². The van der Waals surface area contributed by atoms with Crippen LogP contribution in [0.25, 0.3) is 11.3 Å². The predicted octanol–water partition coefficient (Wildman–Crippen LogP) is 5.40. The van der Waals surface area contributed by atoms with Crippen molar-refractivity contribution in [3.63, 3.8) is 0 Å². The van der Waals surface area contributed by atoms with Gasteiger partial charge in [-0.2, -0.15) is 0 Å². The molecular formula is C26H26N6. The second-order valence-electron chi connectivity index (χ2n) is 8.03. The van der Waals surface area contributed by atoms with Gasteiger partial charge in [-0.3, -0.25) is 14.9 Å². The summed E-state index contributed by atoms with van der Waals surface area (Å²) in [4.78, 5) is 21.1. The highest BCUT2D eigenvalue weighted by Crippen LogP contribution is 2.32. The summed E-state index contributed by atoms with van der Waals surface area (Å²) >= 11 is 0. The number of hydrogen-bond donors (Lipinski definition) is 1. The second kappa shape index (κ2) is 9.66. The van der Waals surface area contributed by atoms with E-state index in [1.54, 1.807) is 12.4 Å². The van der Waals surface area contributed by atoms with Crippen LogP contribution in [0.5, 0.6) is 0 Å². The van der Waals surface area contributed by atoms with Crippen molar-refractivity contribution in [2.24, 2.45) is 0 Å². The summed E-state index contributed by atoms with van der Waals surface area (Å²) in [5.74, 6) is 1.66. The van der Waals surface area contributed by atoms with Crippen molar-refractivity contribution < 1.29 is 0 Å². The van der Waals surface area contributed by atoms with Crippen molar-refractivity contribution >= 4 is 11.5 Å². The summed E-state index contributed by atoms with van der Waals surface area (Å²) in [6.07, 6.45) is 8.86. The Morgan fingerprint density at radius 2 is 1.72 bits per heavy atom. The van der Waals surface area contributed by atoms with Crippen molar-refractivity contribution in [1.29, 1.82) is 0 Å². The first-order valence-electron chi connectivity index (χ1n) is 11.1. The monoisotopic (exact) mass is 422 g/mol. The number of hydrogen-bond acceptors (Lipinski definition) is 6. The third kappa shape index (κ3) is 4.81. The number of benzene rings is 1. The van der Waals surface area contributed by atoms with Crippen molar-refractivity contribution in [2.75, 3.05) is 11.9 Å². The molecule has 32 heavy (non-hydrogen) atoms. The van der Waals surface area contributed by atoms with Gasteiger partial charge in [0.05, 0.1) is 17.4 Å². The molecule has 0 aliphatic carbocycles. The van der Waals surface area contributed by atoms with E-state index in [1.165, 1.54) is 12.8 Å². The van der Waals surface area contributed by atoms with Gasteiger partial charge in [0, 0.05) is 42.5 Å². The van der Waals surface area contributed by atoms with Crippen molar-refractivity contribution in [2.45, 2.75) is 31.8 Å². The maximum absolute atomic E-state index is 5.02. The maximum atomic E-state index is 5.02. The summed E-state index contributed by atoms with van der Waals surface area (Å²) in [7, 11) is 0. The standard InChI is InChI=1S/C26H26N6/c1-2-8-21(9-3-1)29-25-18-23(20-12-15-27-16-13-20)30-26(31-25)24-11-5-7-17-32(24)19-22-10-4-6-14-28-22/h1-4,6,8-10,12-16,18,24H,5,7,11,17,19H2,(H,29,30,31)/t24-/m0/s1. The Labute approximate surface area is 188 Å². The molecule has 5 rings (SSSR count). The SMILES string of the molecule is c1ccc(Nc2cc(-c3ccncc3)nc([C@@H]3CCCCN3Cc3ccccn3)n2)cc1. The van der Waals surface area contributed by atoms with E-state index >= 15 is 0 Å². The third-order valence-corrected chi connectivity index (χ3v) is 5.77. The van der Waals surface area contributed by atoms with Gasteiger partial charge in [0.25, 0.3) is 0 Å². The molecule has 1 aliphatic rings. The number of nitrogens with one attached hydrogen (secondary N) is 1. The molecule has 1 aromatic carbocycles. The zero-order valence-corrected chi connectivity index (χ0v) is 17.9. The van der Waals surface area contributed by atoms with Gasteiger partial charge in [0.1, 0.15) is 11.6 Å². The minimum absolute atomic E-state index is 0.156. The van der Waals surface area contributed by atoms with E-state index in [2.05, 4.69) is 26.3 Å². The van der Waals surface area contributed by atoms with Gasteiger partial charge >= 0.3 is 0 Å². The highest BCUT2D eigenvalue weighted by molar-refractivity contribution is 5.65. The summed E-state index contributed by atoms with van der Waals surface area (Å²) in [6.45, 7) is 1.82. The Morgan fingerprint density at radius 1 is 0.875 bits per heavy atom. The molecule has 1 fully saturated rings. The number of para-hydroxylation sites is 1. The number of piperidine rings is 1. The number of nitrogens with zero attached hydrogens (tertiary/aromatic N) is 5. The van der Waals surface area contributed by atoms with Crippen LogP contribution in [-0.4, -0.2) is 31.4 Å². The van der Waals surface area contributed by atoms with Crippen molar-refractivity contribution in [1.82, 2.24) is 24.8 Å². The lowest BCUT2D eigenvalue weighted by Gasteiger charge is -2.34. The molecule has 0 unspecified atom stereocenters. The molecule has 3 aromatic heterocycles. The van der Waals surface area contributed by atoms with Crippen LogP contribution in [0.15, 0.2) is 85.3 Å². The molecule has 0 saturated carbocycles. The van der Waals surface area contributed by atoms with E-state index in [1.807, 2.05) is 66.9 Å². The summed E-state index contributed by atoms with van der Waals surface area (Å²) in [5, 5.41) is 3.46. The smallest absolute Gasteiger partial charge is 0.148 e. The minimum Gasteiger partial charge on any atom is -0.340 e. The molecule has 0 spiro atoms. The van der Waals surface area contributed by atoms with E-state index in [9.17, 15) is 0 Å². The van der Waals surface area contributed by atoms with E-state index in [0.29, 0.717) is 0 Å². The lowest BCUT2D eigenvalue weighted by molar-refractivity contribution is 0.132. The Balaban J connectivity index is 1.51. The van der Waals surface area contributed by atoms with Crippen LogP contribution in [-0.2, 0) is 6.54 Å². The summed E-state index contributed by atoms with van der Waals surface area (Å²) in [5.41, 5.74) is 4.02. The molecule has 1 aliphatic heterocycles. The molecule has 0 bridgehead atoms. The van der Waals surface area contributed by atoms with Crippen molar-refractivity contribution in [3.8, 4) is 11.3 Å². The fourth-order valence-electron chi connectivity index (χ4n) is 4.19. The fraction of sp³-hybridized carbons (Fsp3) is 0.231. The van der Waals surface area contributed by atoms with Crippen LogP contribution in [0.2, 0.25) is 0 Å². The van der Waals surface area contributed by atoms with E-state index < -0.39 is 0 Å². The van der Waals surface area contributed by atoms with Crippen LogP contribution in [0, 0.1) is 0 Å². The molecular weight excluding hydrogens is 396 g/mol. The highest BCUT2D eigenvalue weighted by atomic mass is 15.2. The number of likely N-dealkylation sites (tertiary alicyclic amines) is 1. The first kappa shape index (κ1) is 20.3. The maximum Gasteiger partial charge on any atom is 0.148 e. The topological polar surface area (TPSA) is 66.8 Å². The molecule has 1 atom stereocenters. The Kier molecular flexibility index (Phi) is 6.12. The first-order valence-corrected chi connectivity index (χ1v) is 11.1. The van der Waals surface area contributed by atoms with Crippen LogP contribution in [0.3, 0.4) is 0 Å². The predicted molar refractivity (Wildman–Crippen MR) is 126 cm³/mol. The summed E-state index contributed by atoms with van der Waals surface area (Å²) in [6, 6.07) is 22.4. The molecule has 6 nitrogen and oxygen atoms in total. The first-order chi connectivity index (χ1) is 15.8.